The Hall–Kier alpha value is -1.53. The number of allylic oxidation sites excluding steroid dienone is 1. The van der Waals surface area contributed by atoms with Crippen LogP contribution in [0.3, 0.4) is 0 Å². The Morgan fingerprint density at radius 2 is 1.61 bits per heavy atom. The second kappa shape index (κ2) is 10.4. The van der Waals surface area contributed by atoms with Gasteiger partial charge in [-0.1, -0.05) is 97.4 Å². The van der Waals surface area contributed by atoms with E-state index in [0.717, 1.165) is 4.48 Å². The van der Waals surface area contributed by atoms with Crippen LogP contribution in [0.25, 0.3) is 0 Å². The fourth-order valence-electron chi connectivity index (χ4n) is 4.53. The molecule has 5 heteroatoms. The largest absolute Gasteiger partial charge is 0.407 e. The first-order chi connectivity index (χ1) is 14.7. The third-order valence-electron chi connectivity index (χ3n) is 5.84. The van der Waals surface area contributed by atoms with Crippen LogP contribution in [0.1, 0.15) is 47.0 Å². The van der Waals surface area contributed by atoms with Crippen LogP contribution in [0.5, 0.6) is 0 Å². The Morgan fingerprint density at radius 3 is 2.10 bits per heavy atom. The van der Waals surface area contributed by atoms with Crippen LogP contribution in [0.2, 0.25) is 5.04 Å². The van der Waals surface area contributed by atoms with E-state index in [1.165, 1.54) is 10.4 Å². The third kappa shape index (κ3) is 5.83. The molecule has 0 aromatic heterocycles. The standard InChI is InChI=1S/C26H33BrO3Si/c1-20(27)17-23-19-21(28)18-22(30-23)15-16-29-31(26(2,3)4,24-11-7-5-8-12-24)25-13-9-6-10-14-25/h5-14,17,22-23H,15-16,18-19H2,1-4H3/b20-17+/t22-,23-/m1/s1. The van der Waals surface area contributed by atoms with Gasteiger partial charge in [0.2, 0.25) is 0 Å². The normalized spacial score (nSPS) is 20.7. The number of halogens is 1. The maximum atomic E-state index is 12.3. The Kier molecular flexibility index (Phi) is 8.08. The summed E-state index contributed by atoms with van der Waals surface area (Å²) < 4.78 is 14.1. The zero-order chi connectivity index (χ0) is 22.5. The average molecular weight is 502 g/mol. The van der Waals surface area contributed by atoms with E-state index in [4.69, 9.17) is 9.16 Å². The summed E-state index contributed by atoms with van der Waals surface area (Å²) in [6.07, 6.45) is 3.35. The predicted molar refractivity (Wildman–Crippen MR) is 134 cm³/mol. The van der Waals surface area contributed by atoms with E-state index in [1.807, 2.05) is 13.0 Å². The van der Waals surface area contributed by atoms with Gasteiger partial charge in [-0.3, -0.25) is 4.79 Å². The number of benzene rings is 2. The molecule has 2 atom stereocenters. The van der Waals surface area contributed by atoms with E-state index in [9.17, 15) is 4.79 Å². The number of Topliss-reactive ketones (excluding diaryl/α,β-unsaturated/α-hetero) is 1. The van der Waals surface area contributed by atoms with Gasteiger partial charge in [-0.25, -0.2) is 0 Å². The molecule has 0 amide bonds. The van der Waals surface area contributed by atoms with Crippen molar-refractivity contribution in [1.29, 1.82) is 0 Å². The molecule has 1 heterocycles. The first-order valence-electron chi connectivity index (χ1n) is 11.0. The molecule has 1 aliphatic heterocycles. The first kappa shape index (κ1) is 24.1. The smallest absolute Gasteiger partial charge is 0.261 e. The molecule has 2 aromatic carbocycles. The van der Waals surface area contributed by atoms with E-state index in [2.05, 4.69) is 97.4 Å². The zero-order valence-electron chi connectivity index (χ0n) is 18.9. The topological polar surface area (TPSA) is 35.5 Å². The SMILES string of the molecule is C/C(Br)=C\[C@@H]1CC(=O)C[C@@H](CCO[Si](c2ccccc2)(c2ccccc2)C(C)(C)C)O1. The molecule has 2 aromatic rings. The summed E-state index contributed by atoms with van der Waals surface area (Å²) >= 11 is 3.45. The minimum Gasteiger partial charge on any atom is -0.407 e. The molecule has 0 aliphatic carbocycles. The van der Waals surface area contributed by atoms with Crippen molar-refractivity contribution in [3.8, 4) is 0 Å². The lowest BCUT2D eigenvalue weighted by Gasteiger charge is -2.43. The summed E-state index contributed by atoms with van der Waals surface area (Å²) in [5, 5.41) is 2.48. The fraction of sp³-hybridized carbons (Fsp3) is 0.423. The van der Waals surface area contributed by atoms with E-state index in [1.54, 1.807) is 0 Å². The van der Waals surface area contributed by atoms with E-state index < -0.39 is 8.32 Å². The molecule has 0 radical (unpaired) electrons. The van der Waals surface area contributed by atoms with Crippen molar-refractivity contribution >= 4 is 40.4 Å². The van der Waals surface area contributed by atoms with Gasteiger partial charge in [-0.05, 0) is 39.3 Å². The van der Waals surface area contributed by atoms with Crippen molar-refractivity contribution in [2.45, 2.75) is 64.2 Å². The van der Waals surface area contributed by atoms with E-state index in [0.29, 0.717) is 25.9 Å². The number of rotatable bonds is 7. The summed E-state index contributed by atoms with van der Waals surface area (Å²) in [5.41, 5.74) is 0. The molecule has 0 saturated carbocycles. The Morgan fingerprint density at radius 1 is 1.06 bits per heavy atom. The van der Waals surface area contributed by atoms with Crippen molar-refractivity contribution in [3.05, 3.63) is 71.2 Å². The maximum Gasteiger partial charge on any atom is 0.261 e. The molecular formula is C26H33BrO3Si. The average Bonchev–Trinajstić information content (AvgIpc) is 2.71. The molecule has 1 saturated heterocycles. The molecule has 1 fully saturated rings. The van der Waals surface area contributed by atoms with Gasteiger partial charge in [0.25, 0.3) is 8.32 Å². The molecule has 3 nitrogen and oxygen atoms in total. The summed E-state index contributed by atoms with van der Waals surface area (Å²) in [6, 6.07) is 21.3. The molecule has 31 heavy (non-hydrogen) atoms. The lowest BCUT2D eigenvalue weighted by atomic mass is 10.0. The van der Waals surface area contributed by atoms with Crippen molar-refractivity contribution in [2.75, 3.05) is 6.61 Å². The number of carbonyl (C=O) groups excluding carboxylic acids is 1. The monoisotopic (exact) mass is 500 g/mol. The van der Waals surface area contributed by atoms with Crippen molar-refractivity contribution in [3.63, 3.8) is 0 Å². The maximum absolute atomic E-state index is 12.3. The van der Waals surface area contributed by atoms with Gasteiger partial charge >= 0.3 is 0 Å². The highest BCUT2D eigenvalue weighted by Gasteiger charge is 2.50. The molecule has 0 unspecified atom stereocenters. The lowest BCUT2D eigenvalue weighted by Crippen LogP contribution is -2.66. The fourth-order valence-corrected chi connectivity index (χ4v) is 9.41. The highest BCUT2D eigenvalue weighted by Crippen LogP contribution is 2.37. The number of carbonyl (C=O) groups is 1. The predicted octanol–water partition coefficient (Wildman–Crippen LogP) is 5.37. The van der Waals surface area contributed by atoms with Crippen LogP contribution in [0.15, 0.2) is 71.2 Å². The minimum absolute atomic E-state index is 0.0582. The van der Waals surface area contributed by atoms with Crippen molar-refractivity contribution < 1.29 is 14.0 Å². The van der Waals surface area contributed by atoms with Crippen LogP contribution in [0.4, 0.5) is 0 Å². The second-order valence-electron chi connectivity index (χ2n) is 9.30. The minimum atomic E-state index is -2.55. The molecule has 0 N–H and O–H groups in total. The van der Waals surface area contributed by atoms with Gasteiger partial charge in [0.1, 0.15) is 5.78 Å². The Labute approximate surface area is 196 Å². The van der Waals surface area contributed by atoms with Crippen LogP contribution in [-0.4, -0.2) is 32.9 Å². The molecule has 166 valence electrons. The van der Waals surface area contributed by atoms with Crippen LogP contribution in [0, 0.1) is 0 Å². The van der Waals surface area contributed by atoms with Gasteiger partial charge in [-0.15, -0.1) is 0 Å². The number of ketones is 1. The van der Waals surface area contributed by atoms with Gasteiger partial charge < -0.3 is 9.16 Å². The molecule has 0 spiro atoms. The van der Waals surface area contributed by atoms with Crippen LogP contribution >= 0.6 is 15.9 Å². The van der Waals surface area contributed by atoms with Crippen LogP contribution < -0.4 is 10.4 Å². The summed E-state index contributed by atoms with van der Waals surface area (Å²) in [7, 11) is -2.55. The molecule has 0 bridgehead atoms. The van der Waals surface area contributed by atoms with Gasteiger partial charge in [0.15, 0.2) is 0 Å². The zero-order valence-corrected chi connectivity index (χ0v) is 21.5. The molecular weight excluding hydrogens is 468 g/mol. The number of hydrogen-bond donors (Lipinski definition) is 0. The second-order valence-corrected chi connectivity index (χ2v) is 14.9. The summed E-state index contributed by atoms with van der Waals surface area (Å²) in [6.45, 7) is 9.36. The van der Waals surface area contributed by atoms with E-state index >= 15 is 0 Å². The van der Waals surface area contributed by atoms with Gasteiger partial charge in [0, 0.05) is 19.4 Å². The number of hydrogen-bond acceptors (Lipinski definition) is 3. The summed E-state index contributed by atoms with van der Waals surface area (Å²) in [5.74, 6) is 0.261. The van der Waals surface area contributed by atoms with Crippen molar-refractivity contribution in [2.24, 2.45) is 0 Å². The molecule has 3 rings (SSSR count). The van der Waals surface area contributed by atoms with Gasteiger partial charge in [-0.2, -0.15) is 0 Å². The number of ether oxygens (including phenoxy) is 1. The van der Waals surface area contributed by atoms with E-state index in [-0.39, 0.29) is 23.0 Å². The highest BCUT2D eigenvalue weighted by molar-refractivity contribution is 9.11. The summed E-state index contributed by atoms with van der Waals surface area (Å²) in [4.78, 5) is 12.3. The highest BCUT2D eigenvalue weighted by atomic mass is 79.9. The van der Waals surface area contributed by atoms with Crippen molar-refractivity contribution in [1.82, 2.24) is 0 Å². The van der Waals surface area contributed by atoms with Crippen LogP contribution in [-0.2, 0) is 14.0 Å². The Bertz CT molecular complexity index is 846. The van der Waals surface area contributed by atoms with Gasteiger partial charge in [0.05, 0.1) is 12.2 Å². The third-order valence-corrected chi connectivity index (χ3v) is 11.1. The lowest BCUT2D eigenvalue weighted by molar-refractivity contribution is -0.133. The molecule has 1 aliphatic rings. The quantitative estimate of drug-likeness (QED) is 0.479. The Balaban J connectivity index is 1.85. The first-order valence-corrected chi connectivity index (χ1v) is 13.7.